The first-order valence-corrected chi connectivity index (χ1v) is 9.97. The van der Waals surface area contributed by atoms with Crippen LogP contribution >= 0.6 is 0 Å². The predicted octanol–water partition coefficient (Wildman–Crippen LogP) is 6.13. The Balaban J connectivity index is 2.31. The van der Waals surface area contributed by atoms with Crippen molar-refractivity contribution in [3.8, 4) is 45.4 Å². The summed E-state index contributed by atoms with van der Waals surface area (Å²) in [6, 6.07) is 11.5. The molecule has 168 valence electrons. The first kappa shape index (κ1) is 22.9. The Morgan fingerprint density at radius 1 is 0.844 bits per heavy atom. The molecule has 0 amide bonds. The number of allylic oxidation sites excluding steroid dienone is 1. The number of rotatable bonds is 9. The highest BCUT2D eigenvalue weighted by atomic mass is 16.5. The van der Waals surface area contributed by atoms with Crippen LogP contribution in [0.25, 0.3) is 28.5 Å². The molecule has 1 heterocycles. The average Bonchev–Trinajstić information content (AvgIpc) is 3.16. The van der Waals surface area contributed by atoms with E-state index in [0.29, 0.717) is 34.5 Å². The van der Waals surface area contributed by atoms with Crippen LogP contribution < -0.4 is 18.9 Å². The number of methoxy groups -OCH3 is 5. The van der Waals surface area contributed by atoms with Gasteiger partial charge in [-0.15, -0.1) is 0 Å². The van der Waals surface area contributed by atoms with Gasteiger partial charge in [0.05, 0.1) is 35.5 Å². The Morgan fingerprint density at radius 2 is 1.47 bits per heavy atom. The van der Waals surface area contributed by atoms with Gasteiger partial charge in [0.1, 0.15) is 23.0 Å². The molecule has 0 spiro atoms. The minimum atomic E-state index is 0.527. The number of benzene rings is 2. The molecule has 2 aromatic carbocycles. The predicted molar refractivity (Wildman–Crippen MR) is 126 cm³/mol. The first-order valence-electron chi connectivity index (χ1n) is 9.97. The van der Waals surface area contributed by atoms with Crippen LogP contribution in [0.4, 0.5) is 0 Å². The number of hydrogen-bond donors (Lipinski definition) is 0. The van der Waals surface area contributed by atoms with Crippen molar-refractivity contribution in [1.82, 2.24) is 0 Å². The van der Waals surface area contributed by atoms with E-state index in [1.54, 1.807) is 41.6 Å². The van der Waals surface area contributed by atoms with E-state index >= 15 is 0 Å². The van der Waals surface area contributed by atoms with Crippen molar-refractivity contribution in [2.45, 2.75) is 6.92 Å². The molecule has 6 heteroatoms. The topological polar surface area (TPSA) is 59.3 Å². The minimum Gasteiger partial charge on any atom is -0.497 e. The van der Waals surface area contributed by atoms with Crippen LogP contribution in [0.5, 0.6) is 23.0 Å². The van der Waals surface area contributed by atoms with Crippen molar-refractivity contribution >= 4 is 6.08 Å². The molecule has 0 fully saturated rings. The first-order chi connectivity index (χ1) is 15.5. The summed E-state index contributed by atoms with van der Waals surface area (Å²) in [6.07, 6.45) is 3.45. The van der Waals surface area contributed by atoms with Crippen LogP contribution in [0, 0.1) is 6.92 Å². The second-order valence-electron chi connectivity index (χ2n) is 6.89. The lowest BCUT2D eigenvalue weighted by molar-refractivity contribution is 0.310. The summed E-state index contributed by atoms with van der Waals surface area (Å²) in [4.78, 5) is 0. The van der Waals surface area contributed by atoms with Gasteiger partial charge in [0.25, 0.3) is 0 Å². The molecule has 0 atom stereocenters. The molecule has 0 aliphatic heterocycles. The van der Waals surface area contributed by atoms with Gasteiger partial charge < -0.3 is 28.1 Å². The summed E-state index contributed by atoms with van der Waals surface area (Å²) >= 11 is 0. The molecular weight excluding hydrogens is 408 g/mol. The highest BCUT2D eigenvalue weighted by molar-refractivity contribution is 5.87. The Kier molecular flexibility index (Phi) is 7.15. The highest BCUT2D eigenvalue weighted by Crippen LogP contribution is 2.46. The second kappa shape index (κ2) is 10.0. The number of ether oxygens (including phenoxy) is 5. The van der Waals surface area contributed by atoms with E-state index in [1.165, 1.54) is 0 Å². The van der Waals surface area contributed by atoms with Crippen molar-refractivity contribution in [3.63, 3.8) is 0 Å². The molecule has 0 bridgehead atoms. The summed E-state index contributed by atoms with van der Waals surface area (Å²) < 4.78 is 33.6. The maximum Gasteiger partial charge on any atom is 0.203 e. The van der Waals surface area contributed by atoms with Crippen LogP contribution in [-0.2, 0) is 4.74 Å². The van der Waals surface area contributed by atoms with Crippen LogP contribution in [0.1, 0.15) is 11.3 Å². The summed E-state index contributed by atoms with van der Waals surface area (Å²) in [5, 5.41) is 0. The third-order valence-electron chi connectivity index (χ3n) is 5.20. The van der Waals surface area contributed by atoms with E-state index in [1.807, 2.05) is 49.4 Å². The van der Waals surface area contributed by atoms with E-state index in [0.717, 1.165) is 28.0 Å². The van der Waals surface area contributed by atoms with Crippen LogP contribution in [0.3, 0.4) is 0 Å². The van der Waals surface area contributed by atoms with Gasteiger partial charge in [-0.05, 0) is 55.0 Å². The van der Waals surface area contributed by atoms with Gasteiger partial charge in [-0.1, -0.05) is 6.58 Å². The molecule has 0 saturated carbocycles. The van der Waals surface area contributed by atoms with Crippen molar-refractivity contribution in [2.24, 2.45) is 0 Å². The van der Waals surface area contributed by atoms with Gasteiger partial charge >= 0.3 is 0 Å². The lowest BCUT2D eigenvalue weighted by atomic mass is 9.97. The maximum atomic E-state index is 6.34. The van der Waals surface area contributed by atoms with E-state index in [-0.39, 0.29) is 0 Å². The third kappa shape index (κ3) is 4.30. The summed E-state index contributed by atoms with van der Waals surface area (Å²) in [5.41, 5.74) is 3.60. The highest BCUT2D eigenvalue weighted by Gasteiger charge is 2.23. The zero-order chi connectivity index (χ0) is 23.3. The molecule has 1 aromatic heterocycles. The Labute approximate surface area is 188 Å². The molecule has 32 heavy (non-hydrogen) atoms. The molecule has 0 N–H and O–H groups in total. The summed E-state index contributed by atoms with van der Waals surface area (Å²) in [7, 11) is 8.00. The normalized spacial score (nSPS) is 11.1. The molecule has 0 saturated heterocycles. The Morgan fingerprint density at radius 3 is 1.94 bits per heavy atom. The van der Waals surface area contributed by atoms with Gasteiger partial charge in [0.2, 0.25) is 5.75 Å². The lowest BCUT2D eigenvalue weighted by Crippen LogP contribution is -1.96. The lowest BCUT2D eigenvalue weighted by Gasteiger charge is -2.15. The number of furan rings is 1. The van der Waals surface area contributed by atoms with Gasteiger partial charge in [-0.2, -0.15) is 0 Å². The fourth-order valence-corrected chi connectivity index (χ4v) is 3.52. The summed E-state index contributed by atoms with van der Waals surface area (Å²) in [6.45, 7) is 5.79. The van der Waals surface area contributed by atoms with Gasteiger partial charge in [0, 0.05) is 22.8 Å². The van der Waals surface area contributed by atoms with Crippen molar-refractivity contribution in [1.29, 1.82) is 0 Å². The molecule has 0 unspecified atom stereocenters. The zero-order valence-corrected chi connectivity index (χ0v) is 19.3. The van der Waals surface area contributed by atoms with Crippen LogP contribution in [0.15, 0.2) is 59.2 Å². The van der Waals surface area contributed by atoms with E-state index in [9.17, 15) is 0 Å². The molecule has 0 aliphatic rings. The third-order valence-corrected chi connectivity index (χ3v) is 5.20. The fourth-order valence-electron chi connectivity index (χ4n) is 3.52. The SMILES string of the molecule is C=C/C(=C\c1oc(-c2ccc(OC)cc2)c(-c2cc(OC)c(OC)c(OC)c2)c1C)OC. The maximum absolute atomic E-state index is 6.34. The number of hydrogen-bond acceptors (Lipinski definition) is 6. The molecule has 0 aliphatic carbocycles. The van der Waals surface area contributed by atoms with Gasteiger partial charge in [0.15, 0.2) is 11.5 Å². The standard InChI is InChI=1S/C26H28O6/c1-8-19(27-3)15-21-16(2)24(25(32-21)17-9-11-20(28-4)12-10-17)18-13-22(29-5)26(31-7)23(14-18)30-6/h8-15H,1H2,2-7H3/b19-15+. The minimum absolute atomic E-state index is 0.527. The van der Waals surface area contributed by atoms with Crippen molar-refractivity contribution in [3.05, 3.63) is 66.1 Å². The van der Waals surface area contributed by atoms with Crippen LogP contribution in [-0.4, -0.2) is 35.5 Å². The van der Waals surface area contributed by atoms with Crippen LogP contribution in [0.2, 0.25) is 0 Å². The molecule has 3 aromatic rings. The van der Waals surface area contributed by atoms with E-state index < -0.39 is 0 Å². The zero-order valence-electron chi connectivity index (χ0n) is 19.3. The van der Waals surface area contributed by atoms with E-state index in [4.69, 9.17) is 28.1 Å². The van der Waals surface area contributed by atoms with Gasteiger partial charge in [-0.25, -0.2) is 0 Å². The fraction of sp³-hybridized carbons (Fsp3) is 0.231. The smallest absolute Gasteiger partial charge is 0.203 e. The quantitative estimate of drug-likeness (QED) is 0.297. The van der Waals surface area contributed by atoms with Gasteiger partial charge in [-0.3, -0.25) is 0 Å². The molecular formula is C26H28O6. The monoisotopic (exact) mass is 436 g/mol. The second-order valence-corrected chi connectivity index (χ2v) is 6.89. The molecule has 3 rings (SSSR count). The largest absolute Gasteiger partial charge is 0.497 e. The van der Waals surface area contributed by atoms with E-state index in [2.05, 4.69) is 6.58 Å². The molecule has 0 radical (unpaired) electrons. The van der Waals surface area contributed by atoms with Crippen molar-refractivity contribution in [2.75, 3.05) is 35.5 Å². The van der Waals surface area contributed by atoms with Crippen molar-refractivity contribution < 1.29 is 28.1 Å². The Bertz CT molecular complexity index is 1100. The summed E-state index contributed by atoms with van der Waals surface area (Å²) in [5.74, 6) is 4.37. The molecule has 6 nitrogen and oxygen atoms in total. The average molecular weight is 437 g/mol. The Hall–Kier alpha value is -3.80.